The second kappa shape index (κ2) is 11.1. The molecular weight excluding hydrogens is 304 g/mol. The number of amidine groups is 1. The van der Waals surface area contributed by atoms with Crippen LogP contribution in [0, 0.1) is 0 Å². The summed E-state index contributed by atoms with van der Waals surface area (Å²) in [6, 6.07) is 0. The number of likely N-dealkylation sites (N-methyl/N-ethyl adjacent to an activating group) is 1. The third-order valence-electron chi connectivity index (χ3n) is 3.94. The van der Waals surface area contributed by atoms with Gasteiger partial charge in [-0.1, -0.05) is 39.5 Å². The Kier molecular flexibility index (Phi) is 10.8. The molecule has 0 amide bonds. The maximum Gasteiger partial charge on any atom is 0.217 e. The maximum absolute atomic E-state index is 9.22. The molecule has 1 aliphatic heterocycles. The number of rotatable bonds is 9. The second-order valence-electron chi connectivity index (χ2n) is 5.88. The van der Waals surface area contributed by atoms with Gasteiger partial charge in [0, 0.05) is 6.42 Å². The third kappa shape index (κ3) is 9.50. The van der Waals surface area contributed by atoms with Crippen LogP contribution in [0.15, 0.2) is 4.99 Å². The van der Waals surface area contributed by atoms with Crippen molar-refractivity contribution < 1.29 is 21.6 Å². The van der Waals surface area contributed by atoms with E-state index < -0.39 is 10.4 Å². The quantitative estimate of drug-likeness (QED) is 0.281. The summed E-state index contributed by atoms with van der Waals surface area (Å²) in [5.41, 5.74) is 0. The summed E-state index contributed by atoms with van der Waals surface area (Å²) in [5.74, 6) is 1.47. The van der Waals surface area contributed by atoms with Crippen LogP contribution in [0.1, 0.15) is 58.8 Å². The van der Waals surface area contributed by atoms with Crippen molar-refractivity contribution in [3.8, 4) is 0 Å². The number of hydrogen-bond donors (Lipinski definition) is 0. The van der Waals surface area contributed by atoms with Crippen LogP contribution in [0.25, 0.3) is 0 Å². The van der Waals surface area contributed by atoms with Crippen molar-refractivity contribution >= 4 is 16.2 Å². The highest BCUT2D eigenvalue weighted by Gasteiger charge is 2.31. The highest BCUT2D eigenvalue weighted by molar-refractivity contribution is 7.80. The first kappa shape index (κ1) is 21.5. The summed E-state index contributed by atoms with van der Waals surface area (Å²) in [4.78, 5) is 4.71. The first-order chi connectivity index (χ1) is 10.3. The van der Waals surface area contributed by atoms with E-state index in [-0.39, 0.29) is 0 Å². The summed E-state index contributed by atoms with van der Waals surface area (Å²) in [6.45, 7) is 8.11. The lowest BCUT2D eigenvalue weighted by atomic mass is 10.1. The van der Waals surface area contributed by atoms with Crippen molar-refractivity contribution in [3.63, 3.8) is 0 Å². The topological polar surface area (TPSA) is 78.8 Å². The normalized spacial score (nSPS) is 21.2. The van der Waals surface area contributed by atoms with Crippen molar-refractivity contribution in [1.82, 2.24) is 0 Å². The van der Waals surface area contributed by atoms with Crippen LogP contribution in [0.2, 0.25) is 0 Å². The van der Waals surface area contributed by atoms with Gasteiger partial charge in [0.05, 0.1) is 27.2 Å². The maximum atomic E-state index is 9.22. The van der Waals surface area contributed by atoms with Gasteiger partial charge < -0.3 is 4.55 Å². The molecule has 7 heteroatoms. The lowest BCUT2D eigenvalue weighted by Gasteiger charge is -2.29. The molecule has 0 aromatic rings. The van der Waals surface area contributed by atoms with Gasteiger partial charge in [-0.3, -0.25) is 8.67 Å². The van der Waals surface area contributed by atoms with E-state index in [1.165, 1.54) is 63.9 Å². The second-order valence-corrected chi connectivity index (χ2v) is 7.03. The Bertz CT molecular complexity index is 423. The van der Waals surface area contributed by atoms with E-state index in [2.05, 4.69) is 25.1 Å². The van der Waals surface area contributed by atoms with Gasteiger partial charge in [-0.25, -0.2) is 13.4 Å². The SMILES string of the molecule is CCCCCCCC1=NCC[N+]1(C)CCC.COS(=O)(=O)[O-]. The minimum atomic E-state index is -4.41. The van der Waals surface area contributed by atoms with Crippen LogP contribution >= 0.6 is 0 Å². The molecule has 22 heavy (non-hydrogen) atoms. The molecule has 1 heterocycles. The molecule has 0 N–H and O–H groups in total. The first-order valence-electron chi connectivity index (χ1n) is 8.19. The van der Waals surface area contributed by atoms with E-state index >= 15 is 0 Å². The van der Waals surface area contributed by atoms with Crippen LogP contribution in [0.4, 0.5) is 0 Å². The Morgan fingerprint density at radius 3 is 2.27 bits per heavy atom. The molecule has 0 saturated heterocycles. The standard InChI is InChI=1S/C14H29N2.CH4O4S/c1-4-6-7-8-9-10-14-15-11-13-16(14,3)12-5-2;1-5-6(2,3)4/h4-13H2,1-3H3;1H3,(H,2,3,4)/q+1;/p-1. The summed E-state index contributed by atoms with van der Waals surface area (Å²) in [7, 11) is -1.24. The molecule has 1 aliphatic rings. The van der Waals surface area contributed by atoms with Gasteiger partial charge in [-0.05, 0) is 12.8 Å². The van der Waals surface area contributed by atoms with Crippen molar-refractivity contribution in [2.45, 2.75) is 58.8 Å². The van der Waals surface area contributed by atoms with Gasteiger partial charge in [0.2, 0.25) is 10.4 Å². The van der Waals surface area contributed by atoms with Gasteiger partial charge >= 0.3 is 0 Å². The summed E-state index contributed by atoms with van der Waals surface area (Å²) >= 11 is 0. The molecule has 6 nitrogen and oxygen atoms in total. The Morgan fingerprint density at radius 2 is 1.77 bits per heavy atom. The van der Waals surface area contributed by atoms with Gasteiger partial charge in [0.15, 0.2) is 5.84 Å². The van der Waals surface area contributed by atoms with Gasteiger partial charge in [0.25, 0.3) is 0 Å². The van der Waals surface area contributed by atoms with E-state index in [1.807, 2.05) is 0 Å². The zero-order valence-corrected chi connectivity index (χ0v) is 15.3. The van der Waals surface area contributed by atoms with Crippen LogP contribution in [0.3, 0.4) is 0 Å². The zero-order valence-electron chi connectivity index (χ0n) is 14.5. The molecule has 0 saturated carbocycles. The summed E-state index contributed by atoms with van der Waals surface area (Å²) < 4.78 is 32.2. The molecule has 1 atom stereocenters. The number of aliphatic imine (C=N–C) groups is 1. The molecule has 0 aromatic heterocycles. The zero-order chi connectivity index (χ0) is 17.1. The molecule has 1 unspecified atom stereocenters. The smallest absolute Gasteiger partial charge is 0.217 e. The molecule has 1 rings (SSSR count). The number of unbranched alkanes of at least 4 members (excludes halogenated alkanes) is 4. The Morgan fingerprint density at radius 1 is 1.18 bits per heavy atom. The minimum absolute atomic E-state index is 0.808. The predicted octanol–water partition coefficient (Wildman–Crippen LogP) is 2.71. The van der Waals surface area contributed by atoms with Crippen LogP contribution in [-0.4, -0.2) is 57.1 Å². The molecule has 0 fully saturated rings. The fourth-order valence-electron chi connectivity index (χ4n) is 2.67. The fraction of sp³-hybridized carbons (Fsp3) is 0.933. The Balaban J connectivity index is 0.000000626. The van der Waals surface area contributed by atoms with E-state index in [9.17, 15) is 13.0 Å². The fourth-order valence-corrected chi connectivity index (χ4v) is 2.67. The molecule has 0 aromatic carbocycles. The van der Waals surface area contributed by atoms with Crippen LogP contribution in [-0.2, 0) is 14.6 Å². The minimum Gasteiger partial charge on any atom is -0.726 e. The lowest BCUT2D eigenvalue weighted by Crippen LogP contribution is -2.47. The third-order valence-corrected chi connectivity index (χ3v) is 4.34. The number of nitrogens with zero attached hydrogens (tertiary/aromatic N) is 2. The van der Waals surface area contributed by atoms with Crippen molar-refractivity contribution in [2.24, 2.45) is 4.99 Å². The molecule has 132 valence electrons. The lowest BCUT2D eigenvalue weighted by molar-refractivity contribution is -0.815. The van der Waals surface area contributed by atoms with Gasteiger partial charge in [-0.2, -0.15) is 0 Å². The van der Waals surface area contributed by atoms with E-state index in [4.69, 9.17) is 4.99 Å². The predicted molar refractivity (Wildman–Crippen MR) is 88.6 cm³/mol. The van der Waals surface area contributed by atoms with Crippen molar-refractivity contribution in [2.75, 3.05) is 33.8 Å². The molecule has 0 radical (unpaired) electrons. The number of quaternary nitrogens is 1. The van der Waals surface area contributed by atoms with E-state index in [0.717, 1.165) is 18.1 Å². The van der Waals surface area contributed by atoms with Crippen molar-refractivity contribution in [1.29, 1.82) is 0 Å². The Labute approximate surface area is 136 Å². The number of hydrogen-bond acceptors (Lipinski definition) is 5. The molecule has 0 bridgehead atoms. The molecule has 0 aliphatic carbocycles. The van der Waals surface area contributed by atoms with Crippen LogP contribution < -0.4 is 0 Å². The van der Waals surface area contributed by atoms with E-state index in [0.29, 0.717) is 0 Å². The molecular formula is C15H32N2O4S. The average molecular weight is 336 g/mol. The van der Waals surface area contributed by atoms with Gasteiger partial charge in [0.1, 0.15) is 6.54 Å². The van der Waals surface area contributed by atoms with Gasteiger partial charge in [-0.15, -0.1) is 0 Å². The highest BCUT2D eigenvalue weighted by atomic mass is 32.3. The Hall–Kier alpha value is -0.500. The van der Waals surface area contributed by atoms with E-state index in [1.54, 1.807) is 0 Å². The average Bonchev–Trinajstić information content (AvgIpc) is 2.80. The highest BCUT2D eigenvalue weighted by Crippen LogP contribution is 2.18. The van der Waals surface area contributed by atoms with Crippen molar-refractivity contribution in [3.05, 3.63) is 0 Å². The molecule has 0 spiro atoms. The summed E-state index contributed by atoms with van der Waals surface area (Å²) in [5, 5.41) is 0. The summed E-state index contributed by atoms with van der Waals surface area (Å²) in [6.07, 6.45) is 9.38. The monoisotopic (exact) mass is 336 g/mol. The largest absolute Gasteiger partial charge is 0.726 e. The van der Waals surface area contributed by atoms with Crippen LogP contribution in [0.5, 0.6) is 0 Å². The first-order valence-corrected chi connectivity index (χ1v) is 9.52.